The van der Waals surface area contributed by atoms with E-state index in [0.29, 0.717) is 36.9 Å². The van der Waals surface area contributed by atoms with Gasteiger partial charge in [0.15, 0.2) is 11.4 Å². The quantitative estimate of drug-likeness (QED) is 0.347. The fraction of sp³-hybridized carbons (Fsp3) is 0.379. The molecule has 4 aromatic rings. The molecule has 0 radical (unpaired) electrons. The lowest BCUT2D eigenvalue weighted by Gasteiger charge is -2.33. The number of hydrogen-bond acceptors (Lipinski definition) is 8. The number of morpholine rings is 1. The lowest BCUT2D eigenvalue weighted by atomic mass is 9.84. The van der Waals surface area contributed by atoms with E-state index in [1.807, 2.05) is 42.5 Å². The number of hydrogen-bond donors (Lipinski definition) is 1. The molecule has 39 heavy (non-hydrogen) atoms. The second kappa shape index (κ2) is 10.9. The number of nitrogens with zero attached hydrogens (tertiary/aromatic N) is 5. The fourth-order valence-corrected chi connectivity index (χ4v) is 4.64. The van der Waals surface area contributed by atoms with Crippen LogP contribution in [0.25, 0.3) is 5.65 Å². The van der Waals surface area contributed by atoms with E-state index in [1.165, 1.54) is 9.20 Å². The number of rotatable bonds is 8. The molecule has 2 aromatic heterocycles. The minimum absolute atomic E-state index is 0.0125. The average molecular weight is 531 g/mol. The summed E-state index contributed by atoms with van der Waals surface area (Å²) in [6.45, 7) is 9.25. The van der Waals surface area contributed by atoms with Crippen molar-refractivity contribution in [2.75, 3.05) is 38.3 Å². The van der Waals surface area contributed by atoms with Crippen LogP contribution in [0.3, 0.4) is 0 Å². The van der Waals surface area contributed by atoms with Gasteiger partial charge in [0.2, 0.25) is 11.5 Å². The Morgan fingerprint density at radius 2 is 1.79 bits per heavy atom. The monoisotopic (exact) mass is 530 g/mol. The summed E-state index contributed by atoms with van der Waals surface area (Å²) in [6, 6.07) is 17.0. The molecule has 1 saturated heterocycles. The van der Waals surface area contributed by atoms with E-state index in [4.69, 9.17) is 19.6 Å². The van der Waals surface area contributed by atoms with Crippen molar-refractivity contribution in [3.05, 3.63) is 76.9 Å². The largest absolute Gasteiger partial charge is 0.494 e. The second-order valence-corrected chi connectivity index (χ2v) is 10.5. The molecular formula is C29H34N6O4. The predicted molar refractivity (Wildman–Crippen MR) is 147 cm³/mol. The van der Waals surface area contributed by atoms with Crippen molar-refractivity contribution in [2.24, 2.45) is 0 Å². The van der Waals surface area contributed by atoms with Gasteiger partial charge >= 0.3 is 0 Å². The predicted octanol–water partition coefficient (Wildman–Crippen LogP) is 3.61. The number of Topliss-reactive ketones (excluding diaryl/α,β-unsaturated/α-hetero) is 1. The molecule has 1 N–H and O–H groups in total. The van der Waals surface area contributed by atoms with Gasteiger partial charge in [0.1, 0.15) is 18.9 Å². The first-order valence-electron chi connectivity index (χ1n) is 13.0. The normalized spacial score (nSPS) is 14.0. The molecule has 2 aromatic carbocycles. The van der Waals surface area contributed by atoms with Crippen molar-refractivity contribution in [1.29, 1.82) is 5.41 Å². The molecule has 0 bridgehead atoms. The molecule has 0 atom stereocenters. The van der Waals surface area contributed by atoms with Crippen molar-refractivity contribution < 1.29 is 19.0 Å². The van der Waals surface area contributed by atoms with Crippen LogP contribution >= 0.6 is 0 Å². The maximum Gasteiger partial charge on any atom is 0.242 e. The molecule has 1 fully saturated rings. The Morgan fingerprint density at radius 1 is 1.05 bits per heavy atom. The second-order valence-electron chi connectivity index (χ2n) is 10.5. The number of methoxy groups -OCH3 is 1. The van der Waals surface area contributed by atoms with Crippen LogP contribution < -0.4 is 20.0 Å². The Bertz CT molecular complexity index is 1530. The fourth-order valence-electron chi connectivity index (χ4n) is 4.64. The number of carbonyl (C=O) groups is 1. The van der Waals surface area contributed by atoms with Gasteiger partial charge in [0.05, 0.1) is 26.0 Å². The van der Waals surface area contributed by atoms with Crippen LogP contribution in [0.1, 0.15) is 42.3 Å². The van der Waals surface area contributed by atoms with Gasteiger partial charge in [-0.2, -0.15) is 4.52 Å². The number of fused-ring (bicyclic) bond motifs is 1. The van der Waals surface area contributed by atoms with E-state index in [-0.39, 0.29) is 23.4 Å². The standard InChI is InChI=1S/C29H34N6O4/c1-29(2,3)22-16-21(17-23(27(22)37-4)33-12-14-38-15-13-33)24(36)18-34-28(30)35-25(31-34)10-11-26(32-35)39-19-20-8-6-5-7-9-20/h5-11,16-17,30H,12-15,18-19H2,1-4H3. The number of ether oxygens (including phenoxy) is 3. The highest BCUT2D eigenvalue weighted by molar-refractivity contribution is 5.97. The molecule has 0 amide bonds. The van der Waals surface area contributed by atoms with Crippen molar-refractivity contribution in [3.63, 3.8) is 0 Å². The Labute approximate surface area is 227 Å². The van der Waals surface area contributed by atoms with Gasteiger partial charge < -0.3 is 19.1 Å². The molecule has 0 spiro atoms. The zero-order valence-electron chi connectivity index (χ0n) is 22.8. The van der Waals surface area contributed by atoms with Crippen molar-refractivity contribution in [3.8, 4) is 11.6 Å². The summed E-state index contributed by atoms with van der Waals surface area (Å²) in [4.78, 5) is 15.8. The Hall–Kier alpha value is -4.18. The summed E-state index contributed by atoms with van der Waals surface area (Å²) in [6.07, 6.45) is 0. The first-order valence-corrected chi connectivity index (χ1v) is 13.0. The van der Waals surface area contributed by atoms with Crippen molar-refractivity contribution in [2.45, 2.75) is 39.3 Å². The van der Waals surface area contributed by atoms with Crippen LogP contribution in [-0.4, -0.2) is 58.6 Å². The van der Waals surface area contributed by atoms with E-state index in [9.17, 15) is 4.79 Å². The van der Waals surface area contributed by atoms with Gasteiger partial charge in [-0.3, -0.25) is 10.2 Å². The molecule has 5 rings (SSSR count). The lowest BCUT2D eigenvalue weighted by Crippen LogP contribution is -2.37. The summed E-state index contributed by atoms with van der Waals surface area (Å²) in [5.74, 6) is 0.991. The zero-order valence-corrected chi connectivity index (χ0v) is 22.8. The number of anilines is 1. The summed E-state index contributed by atoms with van der Waals surface area (Å²) in [5, 5.41) is 17.5. The SMILES string of the molecule is COc1c(N2CCOCC2)cc(C(=O)Cn2nc3ccc(OCc4ccccc4)nn3c2=N)cc1C(C)(C)C. The van der Waals surface area contributed by atoms with Crippen LogP contribution in [0.5, 0.6) is 11.6 Å². The van der Waals surface area contributed by atoms with Gasteiger partial charge in [-0.25, -0.2) is 4.68 Å². The summed E-state index contributed by atoms with van der Waals surface area (Å²) in [5.41, 5.74) is 3.59. The first-order chi connectivity index (χ1) is 18.7. The molecule has 0 unspecified atom stereocenters. The molecular weight excluding hydrogens is 496 g/mol. The van der Waals surface area contributed by atoms with E-state index in [0.717, 1.165) is 35.7 Å². The summed E-state index contributed by atoms with van der Waals surface area (Å²) in [7, 11) is 1.67. The third-order valence-electron chi connectivity index (χ3n) is 6.74. The molecule has 3 heterocycles. The van der Waals surface area contributed by atoms with E-state index in [2.05, 4.69) is 35.9 Å². The molecule has 10 heteroatoms. The lowest BCUT2D eigenvalue weighted by molar-refractivity contribution is 0.0965. The zero-order chi connectivity index (χ0) is 27.6. The highest BCUT2D eigenvalue weighted by atomic mass is 16.5. The molecule has 0 aliphatic carbocycles. The molecule has 0 saturated carbocycles. The van der Waals surface area contributed by atoms with Gasteiger partial charge in [-0.15, -0.1) is 10.2 Å². The van der Waals surface area contributed by atoms with E-state index >= 15 is 0 Å². The third-order valence-corrected chi connectivity index (χ3v) is 6.74. The molecule has 10 nitrogen and oxygen atoms in total. The minimum Gasteiger partial charge on any atom is -0.494 e. The van der Waals surface area contributed by atoms with Gasteiger partial charge in [-0.05, 0) is 29.2 Å². The molecule has 1 aliphatic heterocycles. The maximum absolute atomic E-state index is 13.6. The highest BCUT2D eigenvalue weighted by Crippen LogP contribution is 2.40. The number of benzene rings is 2. The van der Waals surface area contributed by atoms with Gasteiger partial charge in [-0.1, -0.05) is 51.1 Å². The number of ketones is 1. The van der Waals surface area contributed by atoms with E-state index < -0.39 is 0 Å². The number of carbonyl (C=O) groups excluding carboxylic acids is 1. The average Bonchev–Trinajstić information content (AvgIpc) is 3.25. The molecule has 1 aliphatic rings. The Morgan fingerprint density at radius 3 is 2.49 bits per heavy atom. The first kappa shape index (κ1) is 26.4. The van der Waals surface area contributed by atoms with Gasteiger partial charge in [0, 0.05) is 30.3 Å². The van der Waals surface area contributed by atoms with Gasteiger partial charge in [0.25, 0.3) is 0 Å². The topological polar surface area (TPSA) is 107 Å². The Kier molecular flexibility index (Phi) is 7.38. The Balaban J connectivity index is 1.43. The maximum atomic E-state index is 13.6. The van der Waals surface area contributed by atoms with Crippen molar-refractivity contribution >= 4 is 17.1 Å². The van der Waals surface area contributed by atoms with Crippen LogP contribution in [0.2, 0.25) is 0 Å². The van der Waals surface area contributed by atoms with Crippen molar-refractivity contribution in [1.82, 2.24) is 19.4 Å². The highest BCUT2D eigenvalue weighted by Gasteiger charge is 2.27. The number of nitrogens with one attached hydrogen (secondary N) is 1. The van der Waals surface area contributed by atoms with E-state index in [1.54, 1.807) is 19.2 Å². The minimum atomic E-state index is -0.250. The van der Waals surface area contributed by atoms with Crippen LogP contribution in [0.15, 0.2) is 54.6 Å². The van der Waals surface area contributed by atoms with Crippen LogP contribution in [-0.2, 0) is 23.3 Å². The number of aromatic nitrogens is 4. The third kappa shape index (κ3) is 5.65. The summed E-state index contributed by atoms with van der Waals surface area (Å²) >= 11 is 0. The smallest absolute Gasteiger partial charge is 0.242 e. The van der Waals surface area contributed by atoms with Crippen LogP contribution in [0, 0.1) is 5.41 Å². The summed E-state index contributed by atoms with van der Waals surface area (Å²) < 4.78 is 19.9. The van der Waals surface area contributed by atoms with Crippen LogP contribution in [0.4, 0.5) is 5.69 Å². The molecule has 204 valence electrons.